The first-order chi connectivity index (χ1) is 9.01. The zero-order valence-electron chi connectivity index (χ0n) is 12.4. The number of nitrogens with two attached hydrogens (primary N) is 1. The summed E-state index contributed by atoms with van der Waals surface area (Å²) in [7, 11) is -2.07. The molecule has 112 valence electrons. The van der Waals surface area contributed by atoms with Crippen LogP contribution in [0.2, 0.25) is 0 Å². The number of hydrogen-bond donors (Lipinski definition) is 3. The molecule has 0 saturated heterocycles. The van der Waals surface area contributed by atoms with Gasteiger partial charge in [-0.2, -0.15) is 4.72 Å². The van der Waals surface area contributed by atoms with Crippen molar-refractivity contribution in [2.24, 2.45) is 5.73 Å². The highest BCUT2D eigenvalue weighted by atomic mass is 32.2. The molecule has 7 heteroatoms. The lowest BCUT2D eigenvalue weighted by molar-refractivity contribution is -0.122. The van der Waals surface area contributed by atoms with Gasteiger partial charge in [0.1, 0.15) is 5.54 Å². The van der Waals surface area contributed by atoms with Crippen molar-refractivity contribution < 1.29 is 13.2 Å². The van der Waals surface area contributed by atoms with Gasteiger partial charge in [0.25, 0.3) is 0 Å². The van der Waals surface area contributed by atoms with Crippen LogP contribution < -0.4 is 15.8 Å². The number of amides is 1. The third-order valence-corrected chi connectivity index (χ3v) is 4.98. The Morgan fingerprint density at radius 1 is 1.20 bits per heavy atom. The molecule has 1 amide bonds. The molecule has 0 aromatic heterocycles. The predicted molar refractivity (Wildman–Crippen MR) is 79.1 cm³/mol. The van der Waals surface area contributed by atoms with Gasteiger partial charge in [-0.05, 0) is 51.0 Å². The highest BCUT2D eigenvalue weighted by molar-refractivity contribution is 7.89. The van der Waals surface area contributed by atoms with E-state index in [1.54, 1.807) is 33.0 Å². The Morgan fingerprint density at radius 2 is 1.65 bits per heavy atom. The predicted octanol–water partition coefficient (Wildman–Crippen LogP) is 0.887. The zero-order chi connectivity index (χ0) is 15.7. The maximum Gasteiger partial charge on any atom is 0.242 e. The number of sulfonamides is 1. The summed E-state index contributed by atoms with van der Waals surface area (Å²) in [4.78, 5) is 11.5. The highest BCUT2D eigenvalue weighted by Crippen LogP contribution is 2.25. The second-order valence-electron chi connectivity index (χ2n) is 5.28. The van der Waals surface area contributed by atoms with Crippen molar-refractivity contribution in [1.82, 2.24) is 4.72 Å². The molecule has 1 aromatic carbocycles. The van der Waals surface area contributed by atoms with Gasteiger partial charge in [-0.3, -0.25) is 4.79 Å². The Hall–Kier alpha value is -1.60. The van der Waals surface area contributed by atoms with Gasteiger partial charge in [-0.1, -0.05) is 0 Å². The summed E-state index contributed by atoms with van der Waals surface area (Å²) in [6.45, 7) is 6.28. The summed E-state index contributed by atoms with van der Waals surface area (Å²) in [6, 6.07) is 3.47. The van der Waals surface area contributed by atoms with E-state index in [-0.39, 0.29) is 4.90 Å². The molecule has 0 heterocycles. The van der Waals surface area contributed by atoms with E-state index in [9.17, 15) is 13.2 Å². The van der Waals surface area contributed by atoms with Crippen LogP contribution in [0, 0.1) is 13.8 Å². The van der Waals surface area contributed by atoms with Gasteiger partial charge in [0.05, 0.1) is 4.90 Å². The van der Waals surface area contributed by atoms with E-state index in [4.69, 9.17) is 5.73 Å². The number of rotatable bonds is 5. The van der Waals surface area contributed by atoms with Crippen LogP contribution in [0.3, 0.4) is 0 Å². The first-order valence-corrected chi connectivity index (χ1v) is 7.62. The Bertz CT molecular complexity index is 613. The van der Waals surface area contributed by atoms with E-state index < -0.39 is 21.5 Å². The van der Waals surface area contributed by atoms with Crippen molar-refractivity contribution in [2.75, 3.05) is 12.4 Å². The molecule has 0 aliphatic carbocycles. The van der Waals surface area contributed by atoms with Crippen LogP contribution in [0.1, 0.15) is 25.0 Å². The Balaban J connectivity index is 3.34. The molecule has 1 aromatic rings. The first kappa shape index (κ1) is 16.5. The summed E-state index contributed by atoms with van der Waals surface area (Å²) < 4.78 is 27.3. The summed E-state index contributed by atoms with van der Waals surface area (Å²) >= 11 is 0. The number of nitrogens with one attached hydrogen (secondary N) is 2. The average molecular weight is 299 g/mol. The molecule has 0 aliphatic heterocycles. The molecule has 20 heavy (non-hydrogen) atoms. The van der Waals surface area contributed by atoms with Gasteiger partial charge in [0, 0.05) is 12.7 Å². The molecule has 0 fully saturated rings. The highest BCUT2D eigenvalue weighted by Gasteiger charge is 2.32. The smallest absolute Gasteiger partial charge is 0.242 e. The van der Waals surface area contributed by atoms with Gasteiger partial charge in [0.15, 0.2) is 0 Å². The Morgan fingerprint density at radius 3 is 2.00 bits per heavy atom. The molecule has 6 nitrogen and oxygen atoms in total. The fraction of sp³-hybridized carbons (Fsp3) is 0.462. The topological polar surface area (TPSA) is 101 Å². The second kappa shape index (κ2) is 5.41. The third-order valence-electron chi connectivity index (χ3n) is 3.02. The fourth-order valence-corrected chi connectivity index (χ4v) is 3.80. The van der Waals surface area contributed by atoms with Gasteiger partial charge in [-0.15, -0.1) is 0 Å². The summed E-state index contributed by atoms with van der Waals surface area (Å²) in [6.07, 6.45) is 0. The van der Waals surface area contributed by atoms with Crippen molar-refractivity contribution in [3.63, 3.8) is 0 Å². The number of carbonyl (C=O) groups excluding carboxylic acids is 1. The van der Waals surface area contributed by atoms with E-state index in [0.717, 1.165) is 5.69 Å². The fourth-order valence-electron chi connectivity index (χ4n) is 1.96. The van der Waals surface area contributed by atoms with Crippen molar-refractivity contribution in [3.8, 4) is 0 Å². The van der Waals surface area contributed by atoms with Crippen LogP contribution in [0.15, 0.2) is 17.0 Å². The zero-order valence-corrected chi connectivity index (χ0v) is 13.2. The number of benzene rings is 1. The van der Waals surface area contributed by atoms with Crippen LogP contribution >= 0.6 is 0 Å². The van der Waals surface area contributed by atoms with Crippen LogP contribution in [0.25, 0.3) is 0 Å². The number of primary amides is 1. The van der Waals surface area contributed by atoms with E-state index in [0.29, 0.717) is 11.1 Å². The number of aryl methyl sites for hydroxylation is 2. The van der Waals surface area contributed by atoms with E-state index in [1.807, 2.05) is 0 Å². The van der Waals surface area contributed by atoms with E-state index in [1.165, 1.54) is 13.8 Å². The SMILES string of the molecule is CNc1cc(C)c(S(=O)(=O)NC(C)(C)C(N)=O)c(C)c1. The van der Waals surface area contributed by atoms with E-state index in [2.05, 4.69) is 10.0 Å². The lowest BCUT2D eigenvalue weighted by atomic mass is 10.1. The molecule has 0 aliphatic rings. The molecule has 0 atom stereocenters. The number of hydrogen-bond acceptors (Lipinski definition) is 4. The van der Waals surface area contributed by atoms with Gasteiger partial charge in [-0.25, -0.2) is 8.42 Å². The Labute approximate surface area is 119 Å². The molecule has 1 rings (SSSR count). The molecular weight excluding hydrogens is 278 g/mol. The van der Waals surface area contributed by atoms with Crippen LogP contribution in [0.5, 0.6) is 0 Å². The maximum absolute atomic E-state index is 12.5. The molecule has 0 unspecified atom stereocenters. The standard InChI is InChI=1S/C13H21N3O3S/c1-8-6-10(15-5)7-9(2)11(8)20(18,19)16-13(3,4)12(14)17/h6-7,15-16H,1-5H3,(H2,14,17). The minimum Gasteiger partial charge on any atom is -0.388 e. The molecule has 4 N–H and O–H groups in total. The van der Waals surface area contributed by atoms with Crippen molar-refractivity contribution in [1.29, 1.82) is 0 Å². The summed E-state index contributed by atoms with van der Waals surface area (Å²) in [5.74, 6) is -0.733. The quantitative estimate of drug-likeness (QED) is 0.751. The van der Waals surface area contributed by atoms with Gasteiger partial charge >= 0.3 is 0 Å². The minimum absolute atomic E-state index is 0.172. The monoisotopic (exact) mass is 299 g/mol. The normalized spacial score (nSPS) is 12.2. The van der Waals surface area contributed by atoms with Crippen molar-refractivity contribution in [2.45, 2.75) is 38.1 Å². The number of carbonyl (C=O) groups is 1. The molecule has 0 bridgehead atoms. The molecular formula is C13H21N3O3S. The molecule has 0 spiro atoms. The first-order valence-electron chi connectivity index (χ1n) is 6.14. The van der Waals surface area contributed by atoms with Crippen LogP contribution in [-0.2, 0) is 14.8 Å². The minimum atomic E-state index is -3.83. The van der Waals surface area contributed by atoms with E-state index >= 15 is 0 Å². The summed E-state index contributed by atoms with van der Waals surface area (Å²) in [5, 5.41) is 2.96. The van der Waals surface area contributed by atoms with Gasteiger partial charge < -0.3 is 11.1 Å². The summed E-state index contributed by atoms with van der Waals surface area (Å²) in [5.41, 5.74) is 5.88. The van der Waals surface area contributed by atoms with Crippen LogP contribution in [0.4, 0.5) is 5.69 Å². The maximum atomic E-state index is 12.5. The Kier molecular flexibility index (Phi) is 4.45. The van der Waals surface area contributed by atoms with Crippen molar-refractivity contribution in [3.05, 3.63) is 23.3 Å². The lowest BCUT2D eigenvalue weighted by Crippen LogP contribution is -2.53. The van der Waals surface area contributed by atoms with Crippen molar-refractivity contribution >= 4 is 21.6 Å². The second-order valence-corrected chi connectivity index (χ2v) is 6.90. The molecule has 0 radical (unpaired) electrons. The largest absolute Gasteiger partial charge is 0.388 e. The van der Waals surface area contributed by atoms with Crippen LogP contribution in [-0.4, -0.2) is 26.9 Å². The molecule has 0 saturated carbocycles. The average Bonchev–Trinajstić information content (AvgIpc) is 2.25. The van der Waals surface area contributed by atoms with Gasteiger partial charge in [0.2, 0.25) is 15.9 Å². The lowest BCUT2D eigenvalue weighted by Gasteiger charge is -2.23. The third kappa shape index (κ3) is 3.29. The number of anilines is 1.